The van der Waals surface area contributed by atoms with Crippen LogP contribution in [0.15, 0.2) is 30.5 Å². The van der Waals surface area contributed by atoms with Crippen LogP contribution in [-0.2, 0) is 16.1 Å². The molecule has 3 rings (SSSR count). The molecule has 0 spiro atoms. The van der Waals surface area contributed by atoms with Gasteiger partial charge in [0.05, 0.1) is 29.8 Å². The number of ether oxygens (including phenoxy) is 1. The number of aliphatic hydroxyl groups is 1. The summed E-state index contributed by atoms with van der Waals surface area (Å²) < 4.78 is 33.8. The van der Waals surface area contributed by atoms with E-state index in [4.69, 9.17) is 9.84 Å². The molecule has 0 unspecified atom stereocenters. The maximum atomic E-state index is 14.2. The first-order valence-electron chi connectivity index (χ1n) is 9.14. The number of benzene rings is 1. The lowest BCUT2D eigenvalue weighted by molar-refractivity contribution is -0.131. The summed E-state index contributed by atoms with van der Waals surface area (Å²) in [7, 11) is 0. The summed E-state index contributed by atoms with van der Waals surface area (Å²) >= 11 is 0. The molecule has 1 amide bonds. The second kappa shape index (κ2) is 7.56. The van der Waals surface area contributed by atoms with Gasteiger partial charge in [-0.3, -0.25) is 9.78 Å². The Hall–Kier alpha value is -2.38. The number of rotatable bonds is 4. The van der Waals surface area contributed by atoms with Crippen molar-refractivity contribution in [3.05, 3.63) is 58.9 Å². The number of nitrogens with one attached hydrogen (secondary N) is 1. The Morgan fingerprint density at radius 1 is 1.29 bits per heavy atom. The van der Waals surface area contributed by atoms with Gasteiger partial charge in [0.1, 0.15) is 6.10 Å². The molecule has 1 aromatic carbocycles. The Morgan fingerprint density at radius 3 is 2.61 bits per heavy atom. The van der Waals surface area contributed by atoms with Crippen LogP contribution in [0.4, 0.5) is 14.5 Å². The number of hydrogen-bond acceptors (Lipinski definition) is 4. The van der Waals surface area contributed by atoms with Crippen molar-refractivity contribution in [1.82, 2.24) is 4.98 Å². The number of carbonyl (C=O) groups is 1. The van der Waals surface area contributed by atoms with E-state index in [9.17, 15) is 13.6 Å². The zero-order valence-electron chi connectivity index (χ0n) is 16.3. The number of hydrogen-bond donors (Lipinski definition) is 2. The highest BCUT2D eigenvalue weighted by atomic mass is 19.2. The van der Waals surface area contributed by atoms with Gasteiger partial charge in [-0.15, -0.1) is 0 Å². The topological polar surface area (TPSA) is 71.5 Å². The minimum absolute atomic E-state index is 0.110. The molecule has 28 heavy (non-hydrogen) atoms. The quantitative estimate of drug-likeness (QED) is 0.835. The Labute approximate surface area is 162 Å². The summed E-state index contributed by atoms with van der Waals surface area (Å²) in [6, 6.07) is 5.85. The van der Waals surface area contributed by atoms with E-state index in [1.54, 1.807) is 12.1 Å². The van der Waals surface area contributed by atoms with E-state index >= 15 is 0 Å². The van der Waals surface area contributed by atoms with Crippen molar-refractivity contribution in [1.29, 1.82) is 0 Å². The van der Waals surface area contributed by atoms with E-state index in [2.05, 4.69) is 10.3 Å². The first-order valence-corrected chi connectivity index (χ1v) is 9.14. The summed E-state index contributed by atoms with van der Waals surface area (Å²) in [6.45, 7) is 7.02. The van der Waals surface area contributed by atoms with Crippen LogP contribution in [0, 0.1) is 24.5 Å². The molecule has 0 radical (unpaired) electrons. The van der Waals surface area contributed by atoms with Crippen LogP contribution < -0.4 is 5.32 Å². The number of amides is 1. The van der Waals surface area contributed by atoms with Crippen molar-refractivity contribution in [3.63, 3.8) is 0 Å². The van der Waals surface area contributed by atoms with E-state index in [0.29, 0.717) is 16.9 Å². The van der Waals surface area contributed by atoms with Crippen molar-refractivity contribution >= 4 is 11.6 Å². The van der Waals surface area contributed by atoms with Gasteiger partial charge in [0.25, 0.3) is 5.91 Å². The van der Waals surface area contributed by atoms with Crippen LogP contribution in [0.3, 0.4) is 0 Å². The second-order valence-electron chi connectivity index (χ2n) is 7.72. The van der Waals surface area contributed by atoms with Crippen LogP contribution in [-0.4, -0.2) is 27.7 Å². The highest BCUT2D eigenvalue weighted by molar-refractivity contribution is 5.95. The molecule has 1 fully saturated rings. The summed E-state index contributed by atoms with van der Waals surface area (Å²) in [5, 5.41) is 11.8. The summed E-state index contributed by atoms with van der Waals surface area (Å²) in [4.78, 5) is 17.0. The Balaban J connectivity index is 1.93. The van der Waals surface area contributed by atoms with Crippen LogP contribution >= 0.6 is 0 Å². The van der Waals surface area contributed by atoms with E-state index in [1.807, 2.05) is 20.8 Å². The second-order valence-corrected chi connectivity index (χ2v) is 7.72. The largest absolute Gasteiger partial charge is 0.390 e. The third-order valence-electron chi connectivity index (χ3n) is 5.65. The van der Waals surface area contributed by atoms with Crippen molar-refractivity contribution in [2.24, 2.45) is 5.92 Å². The minimum Gasteiger partial charge on any atom is -0.390 e. The molecule has 2 N–H and O–H groups in total. The van der Waals surface area contributed by atoms with E-state index < -0.39 is 29.3 Å². The Kier molecular flexibility index (Phi) is 5.50. The van der Waals surface area contributed by atoms with Gasteiger partial charge >= 0.3 is 0 Å². The highest BCUT2D eigenvalue weighted by Gasteiger charge is 2.51. The molecule has 1 aromatic heterocycles. The van der Waals surface area contributed by atoms with Gasteiger partial charge in [0.15, 0.2) is 11.6 Å². The third kappa shape index (κ3) is 3.64. The molecule has 2 heterocycles. The molecule has 1 saturated heterocycles. The maximum absolute atomic E-state index is 14.2. The van der Waals surface area contributed by atoms with Crippen LogP contribution in [0.25, 0.3) is 0 Å². The van der Waals surface area contributed by atoms with Gasteiger partial charge in [-0.05, 0) is 56.0 Å². The minimum atomic E-state index is -0.914. The first kappa shape index (κ1) is 20.4. The standard InChI is InChI=1S/C21H24F2N2O3/c1-11-15(7-8-16(22)18(11)23)17-12(2)21(3,4)28-19(17)20(27)25-13-5-6-14(10-26)24-9-13/h5-9,12,17,19,26H,10H2,1-4H3,(H,25,27)/t12-,17-,19+/m1/s1. The van der Waals surface area contributed by atoms with Gasteiger partial charge < -0.3 is 15.2 Å². The van der Waals surface area contributed by atoms with E-state index in [-0.39, 0.29) is 24.0 Å². The van der Waals surface area contributed by atoms with Gasteiger partial charge in [-0.1, -0.05) is 13.0 Å². The van der Waals surface area contributed by atoms with Gasteiger partial charge in [-0.25, -0.2) is 8.78 Å². The third-order valence-corrected chi connectivity index (χ3v) is 5.65. The fourth-order valence-electron chi connectivity index (χ4n) is 3.68. The smallest absolute Gasteiger partial charge is 0.254 e. The molecule has 5 nitrogen and oxygen atoms in total. The molecule has 3 atom stereocenters. The number of carbonyl (C=O) groups excluding carboxylic acids is 1. The molecular weight excluding hydrogens is 366 g/mol. The molecule has 0 saturated carbocycles. The average Bonchev–Trinajstić information content (AvgIpc) is 2.91. The maximum Gasteiger partial charge on any atom is 0.254 e. The van der Waals surface area contributed by atoms with Crippen LogP contribution in [0.5, 0.6) is 0 Å². The Morgan fingerprint density at radius 2 is 2.00 bits per heavy atom. The lowest BCUT2D eigenvalue weighted by Crippen LogP contribution is -2.33. The summed E-state index contributed by atoms with van der Waals surface area (Å²) in [6.07, 6.45) is 0.580. The SMILES string of the molecule is Cc1c([C@@H]2[C@@H](C(=O)Nc3ccc(CO)nc3)OC(C)(C)[C@@H]2C)ccc(F)c1F. The Bertz CT molecular complexity index is 884. The lowest BCUT2D eigenvalue weighted by Gasteiger charge is -2.25. The molecule has 7 heteroatoms. The molecule has 150 valence electrons. The van der Waals surface area contributed by atoms with Crippen molar-refractivity contribution in [2.45, 2.75) is 51.9 Å². The van der Waals surface area contributed by atoms with Crippen LogP contribution in [0.1, 0.15) is 43.5 Å². The molecule has 0 bridgehead atoms. The molecular formula is C21H24F2N2O3. The molecule has 2 aromatic rings. The number of anilines is 1. The van der Waals surface area contributed by atoms with Gasteiger partial charge in [-0.2, -0.15) is 0 Å². The lowest BCUT2D eigenvalue weighted by atomic mass is 9.77. The monoisotopic (exact) mass is 390 g/mol. The molecule has 1 aliphatic rings. The predicted molar refractivity (Wildman–Crippen MR) is 101 cm³/mol. The molecule has 0 aliphatic carbocycles. The summed E-state index contributed by atoms with van der Waals surface area (Å²) in [5.74, 6) is -2.75. The first-order chi connectivity index (χ1) is 13.2. The number of aliphatic hydroxyl groups excluding tert-OH is 1. The van der Waals surface area contributed by atoms with Gasteiger partial charge in [0, 0.05) is 5.92 Å². The fourth-order valence-corrected chi connectivity index (χ4v) is 3.68. The van der Waals surface area contributed by atoms with Gasteiger partial charge in [0.2, 0.25) is 0 Å². The van der Waals surface area contributed by atoms with Crippen molar-refractivity contribution in [2.75, 3.05) is 5.32 Å². The predicted octanol–water partition coefficient (Wildman–Crippen LogP) is 3.70. The van der Waals surface area contributed by atoms with Crippen molar-refractivity contribution < 1.29 is 23.4 Å². The van der Waals surface area contributed by atoms with E-state index in [0.717, 1.165) is 6.07 Å². The number of aromatic nitrogens is 1. The average molecular weight is 390 g/mol. The van der Waals surface area contributed by atoms with Crippen molar-refractivity contribution in [3.8, 4) is 0 Å². The number of pyridine rings is 1. The normalized spacial score (nSPS) is 23.6. The van der Waals surface area contributed by atoms with Crippen LogP contribution in [0.2, 0.25) is 0 Å². The van der Waals surface area contributed by atoms with E-state index in [1.165, 1.54) is 19.2 Å². The summed E-state index contributed by atoms with van der Waals surface area (Å²) in [5.41, 5.74) is 1.07. The number of halogens is 2. The molecule has 1 aliphatic heterocycles. The zero-order chi connectivity index (χ0) is 20.6. The fraction of sp³-hybridized carbons (Fsp3) is 0.429. The zero-order valence-corrected chi connectivity index (χ0v) is 16.3. The highest BCUT2D eigenvalue weighted by Crippen LogP contribution is 2.47. The number of nitrogens with zero attached hydrogens (tertiary/aromatic N) is 1.